The molecule has 0 aliphatic rings. The molecule has 0 aliphatic heterocycles. The fourth-order valence-electron chi connectivity index (χ4n) is 3.84. The fraction of sp³-hybridized carbons (Fsp3) is 0.312. The van der Waals surface area contributed by atoms with Crippen LogP contribution in [0.15, 0.2) is 66.6 Å². The molecule has 0 saturated heterocycles. The van der Waals surface area contributed by atoms with Gasteiger partial charge in [-0.2, -0.15) is 0 Å². The molecule has 0 amide bonds. The van der Waals surface area contributed by atoms with Gasteiger partial charge in [0.2, 0.25) is 0 Å². The predicted octanol–water partition coefficient (Wildman–Crippen LogP) is 9.19. The minimum Gasteiger partial charge on any atom is -0.512 e. The first-order valence-electron chi connectivity index (χ1n) is 12.3. The van der Waals surface area contributed by atoms with Gasteiger partial charge in [0.1, 0.15) is 0 Å². The number of hydrogen-bond acceptors (Lipinski definition) is 4. The number of benzene rings is 2. The van der Waals surface area contributed by atoms with Gasteiger partial charge in [0, 0.05) is 47.3 Å². The maximum Gasteiger partial charge on any atom is 0.155 e. The molecule has 4 rings (SSSR count). The summed E-state index contributed by atoms with van der Waals surface area (Å²) in [7, 11) is 0. The number of aromatic nitrogens is 1. The van der Waals surface area contributed by atoms with Gasteiger partial charge in [-0.25, -0.2) is 0 Å². The average molecular weight is 691 g/mol. The van der Waals surface area contributed by atoms with E-state index < -0.39 is 0 Å². The van der Waals surface area contributed by atoms with Crippen molar-refractivity contribution in [3.63, 3.8) is 0 Å². The molecule has 1 radical (unpaired) electrons. The third-order valence-corrected chi connectivity index (χ3v) is 6.97. The number of rotatable bonds is 4. The van der Waals surface area contributed by atoms with E-state index in [0.29, 0.717) is 5.92 Å². The molecule has 2 heterocycles. The molecule has 0 fully saturated rings. The van der Waals surface area contributed by atoms with Gasteiger partial charge in [-0.3, -0.25) is 4.79 Å². The Morgan fingerprint density at radius 1 is 1.05 bits per heavy atom. The Balaban J connectivity index is 0.000000532. The molecule has 2 aromatic heterocycles. The van der Waals surface area contributed by atoms with Crippen LogP contribution >= 0.6 is 11.3 Å². The first-order chi connectivity index (χ1) is 16.8. The molecule has 37 heavy (non-hydrogen) atoms. The Kier molecular flexibility index (Phi) is 10.6. The number of hydrogen-bond donors (Lipinski definition) is 1. The molecule has 5 heteroatoms. The summed E-state index contributed by atoms with van der Waals surface area (Å²) in [5, 5.41) is 9.56. The van der Waals surface area contributed by atoms with E-state index in [1.807, 2.05) is 17.5 Å². The SMILES string of the molecule is CC(=O)/C=C(/C)O.Cc1[c-]c(-c2cc3sc(-c4ccc(C(C)C)cc4)cc3cn2)cc(C(C)(C)C)c1.[Ir]. The van der Waals surface area contributed by atoms with E-state index in [1.54, 1.807) is 0 Å². The zero-order chi connectivity index (χ0) is 26.6. The topological polar surface area (TPSA) is 50.2 Å². The monoisotopic (exact) mass is 691 g/mol. The zero-order valence-electron chi connectivity index (χ0n) is 22.9. The summed E-state index contributed by atoms with van der Waals surface area (Å²) < 4.78 is 1.27. The molecule has 2 aromatic carbocycles. The van der Waals surface area contributed by atoms with Gasteiger partial charge in [0.25, 0.3) is 0 Å². The Morgan fingerprint density at radius 3 is 2.22 bits per heavy atom. The van der Waals surface area contributed by atoms with Crippen LogP contribution in [-0.4, -0.2) is 15.9 Å². The number of carbonyl (C=O) groups is 1. The van der Waals surface area contributed by atoms with Crippen molar-refractivity contribution in [3.05, 3.63) is 89.3 Å². The van der Waals surface area contributed by atoms with Crippen LogP contribution < -0.4 is 0 Å². The summed E-state index contributed by atoms with van der Waals surface area (Å²) in [4.78, 5) is 16.1. The summed E-state index contributed by atoms with van der Waals surface area (Å²) >= 11 is 1.83. The number of aliphatic hydroxyl groups excluding tert-OH is 1. The van der Waals surface area contributed by atoms with Gasteiger partial charge in [-0.1, -0.05) is 71.9 Å². The molecule has 4 aromatic rings. The average Bonchev–Trinajstić information content (AvgIpc) is 3.21. The molecular weight excluding hydrogens is 655 g/mol. The molecule has 1 N–H and O–H groups in total. The van der Waals surface area contributed by atoms with Crippen LogP contribution in [0.1, 0.15) is 71.1 Å². The van der Waals surface area contributed by atoms with Crippen molar-refractivity contribution in [2.24, 2.45) is 0 Å². The zero-order valence-corrected chi connectivity index (χ0v) is 26.1. The molecule has 0 atom stereocenters. The fourth-order valence-corrected chi connectivity index (χ4v) is 4.91. The first-order valence-corrected chi connectivity index (χ1v) is 13.1. The van der Waals surface area contributed by atoms with Crippen LogP contribution in [0.25, 0.3) is 31.8 Å². The second-order valence-corrected chi connectivity index (χ2v) is 11.7. The van der Waals surface area contributed by atoms with Crippen LogP contribution in [-0.2, 0) is 30.3 Å². The minimum atomic E-state index is -0.125. The number of fused-ring (bicyclic) bond motifs is 1. The third-order valence-electron chi connectivity index (χ3n) is 5.82. The smallest absolute Gasteiger partial charge is 0.155 e. The quantitative estimate of drug-likeness (QED) is 0.132. The van der Waals surface area contributed by atoms with Crippen molar-refractivity contribution in [1.82, 2.24) is 4.98 Å². The van der Waals surface area contributed by atoms with Gasteiger partial charge in [-0.15, -0.1) is 46.2 Å². The van der Waals surface area contributed by atoms with E-state index in [0.717, 1.165) is 16.8 Å². The normalized spacial score (nSPS) is 11.6. The van der Waals surface area contributed by atoms with Crippen molar-refractivity contribution in [3.8, 4) is 21.7 Å². The number of thiophene rings is 1. The Bertz CT molecular complexity index is 1390. The largest absolute Gasteiger partial charge is 0.512 e. The molecular formula is C32H36IrNO2S-. The summed E-state index contributed by atoms with van der Waals surface area (Å²) in [6.07, 6.45) is 3.17. The van der Waals surface area contributed by atoms with Crippen molar-refractivity contribution < 1.29 is 30.0 Å². The summed E-state index contributed by atoms with van der Waals surface area (Å²) in [5.74, 6) is 0.495. The number of allylic oxidation sites excluding steroid dienone is 2. The minimum absolute atomic E-state index is 0. The number of carbonyl (C=O) groups excluding carboxylic acids is 1. The maximum absolute atomic E-state index is 10.0. The number of nitrogens with zero attached hydrogens (tertiary/aromatic N) is 1. The van der Waals surface area contributed by atoms with Crippen LogP contribution in [0, 0.1) is 13.0 Å². The van der Waals surface area contributed by atoms with Gasteiger partial charge in [0.15, 0.2) is 5.78 Å². The number of aryl methyl sites for hydroxylation is 1. The summed E-state index contributed by atoms with van der Waals surface area (Å²) in [6, 6.07) is 21.4. The van der Waals surface area contributed by atoms with Crippen molar-refractivity contribution in [2.45, 2.75) is 66.7 Å². The first kappa shape index (κ1) is 30.6. The standard InChI is InChI=1S/C27H28NS.C5H8O2.Ir/c1-17(2)19-7-9-20(10-8-19)25-14-22-16-28-24(15-26(22)29-25)21-11-18(3)12-23(13-21)27(4,5)6;1-4(6)3-5(2)7;/h7-10,12-17H,1-6H3;3,6H,1-2H3;/q-1;;/b;4-3-;. The Hall–Kier alpha value is -2.59. The van der Waals surface area contributed by atoms with Crippen molar-refractivity contribution in [1.29, 1.82) is 0 Å². The van der Waals surface area contributed by atoms with Gasteiger partial charge < -0.3 is 10.1 Å². The molecule has 3 nitrogen and oxygen atoms in total. The molecule has 0 unspecified atom stereocenters. The van der Waals surface area contributed by atoms with Crippen LogP contribution in [0.2, 0.25) is 0 Å². The summed E-state index contributed by atoms with van der Waals surface area (Å²) in [6.45, 7) is 16.2. The number of pyridine rings is 1. The van der Waals surface area contributed by atoms with Crippen molar-refractivity contribution in [2.75, 3.05) is 0 Å². The van der Waals surface area contributed by atoms with Crippen molar-refractivity contribution >= 4 is 27.2 Å². The molecule has 0 bridgehead atoms. The molecule has 0 saturated carbocycles. The summed E-state index contributed by atoms with van der Waals surface area (Å²) in [5.41, 5.74) is 7.31. The van der Waals surface area contributed by atoms with E-state index in [4.69, 9.17) is 10.1 Å². The Morgan fingerprint density at radius 2 is 1.70 bits per heavy atom. The van der Waals surface area contributed by atoms with Crippen LogP contribution in [0.3, 0.4) is 0 Å². The molecule has 0 spiro atoms. The number of ketones is 1. The van der Waals surface area contributed by atoms with E-state index in [1.165, 1.54) is 51.6 Å². The van der Waals surface area contributed by atoms with Gasteiger partial charge >= 0.3 is 0 Å². The van der Waals surface area contributed by atoms with Gasteiger partial charge in [-0.05, 0) is 48.1 Å². The van der Waals surface area contributed by atoms with E-state index in [2.05, 4.69) is 96.1 Å². The molecule has 0 aliphatic carbocycles. The molecule has 197 valence electrons. The van der Waals surface area contributed by atoms with Gasteiger partial charge in [0.05, 0.1) is 5.76 Å². The third kappa shape index (κ3) is 8.46. The predicted molar refractivity (Wildman–Crippen MR) is 154 cm³/mol. The van der Waals surface area contributed by atoms with Crippen LogP contribution in [0.5, 0.6) is 0 Å². The second-order valence-electron chi connectivity index (χ2n) is 10.6. The second kappa shape index (κ2) is 12.8. The van der Waals surface area contributed by atoms with E-state index in [-0.39, 0.29) is 37.1 Å². The van der Waals surface area contributed by atoms with E-state index >= 15 is 0 Å². The van der Waals surface area contributed by atoms with E-state index in [9.17, 15) is 4.79 Å². The Labute approximate surface area is 239 Å². The van der Waals surface area contributed by atoms with Crippen LogP contribution in [0.4, 0.5) is 0 Å². The number of aliphatic hydroxyl groups is 1. The maximum atomic E-state index is 10.0.